The first-order valence-corrected chi connectivity index (χ1v) is 7.21. The van der Waals surface area contributed by atoms with E-state index in [2.05, 4.69) is 6.92 Å². The van der Waals surface area contributed by atoms with Crippen molar-refractivity contribution >= 4 is 0 Å². The van der Waals surface area contributed by atoms with Gasteiger partial charge >= 0.3 is 0 Å². The largest absolute Gasteiger partial charge is 0.494 e. The van der Waals surface area contributed by atoms with E-state index in [4.69, 9.17) is 4.74 Å². The lowest BCUT2D eigenvalue weighted by Crippen LogP contribution is -2.24. The molecule has 1 unspecified atom stereocenters. The van der Waals surface area contributed by atoms with E-state index in [0.29, 0.717) is 13.0 Å². The van der Waals surface area contributed by atoms with Gasteiger partial charge in [0.05, 0.1) is 12.2 Å². The molecule has 0 aliphatic rings. The molecular weight excluding hydrogens is 267 g/mol. The van der Waals surface area contributed by atoms with Crippen molar-refractivity contribution in [3.05, 3.63) is 65.5 Å². The Morgan fingerprint density at radius 2 is 1.86 bits per heavy atom. The number of hydrogen-bond donors (Lipinski definition) is 1. The molecule has 1 N–H and O–H groups in total. The maximum Gasteiger partial charge on any atom is 0.123 e. The molecule has 0 saturated heterocycles. The van der Waals surface area contributed by atoms with Gasteiger partial charge in [0.2, 0.25) is 0 Å². The van der Waals surface area contributed by atoms with Crippen LogP contribution in [-0.4, -0.2) is 11.7 Å². The first-order chi connectivity index (χ1) is 10.0. The van der Waals surface area contributed by atoms with E-state index in [9.17, 15) is 9.50 Å². The first kappa shape index (κ1) is 15.5. The van der Waals surface area contributed by atoms with Crippen LogP contribution in [0.5, 0.6) is 5.75 Å². The van der Waals surface area contributed by atoms with Gasteiger partial charge in [0.15, 0.2) is 0 Å². The van der Waals surface area contributed by atoms with Crippen LogP contribution in [0.3, 0.4) is 0 Å². The van der Waals surface area contributed by atoms with Gasteiger partial charge in [0.25, 0.3) is 0 Å². The van der Waals surface area contributed by atoms with Crippen molar-refractivity contribution < 1.29 is 14.2 Å². The van der Waals surface area contributed by atoms with Crippen LogP contribution in [0.15, 0.2) is 48.5 Å². The highest BCUT2D eigenvalue weighted by Crippen LogP contribution is 2.27. The second kappa shape index (κ2) is 6.72. The SMILES string of the molecule is CCCOc1ccc(C(C)(O)Cc2cccc(F)c2)cc1. The van der Waals surface area contributed by atoms with Crippen molar-refractivity contribution in [3.8, 4) is 5.75 Å². The fourth-order valence-electron chi connectivity index (χ4n) is 2.28. The van der Waals surface area contributed by atoms with Crippen molar-refractivity contribution in [1.29, 1.82) is 0 Å². The summed E-state index contributed by atoms with van der Waals surface area (Å²) < 4.78 is 18.7. The van der Waals surface area contributed by atoms with E-state index in [-0.39, 0.29) is 5.82 Å². The van der Waals surface area contributed by atoms with Gasteiger partial charge in [-0.15, -0.1) is 0 Å². The van der Waals surface area contributed by atoms with E-state index in [1.54, 1.807) is 13.0 Å². The monoisotopic (exact) mass is 288 g/mol. The van der Waals surface area contributed by atoms with Gasteiger partial charge in [-0.1, -0.05) is 31.2 Å². The minimum absolute atomic E-state index is 0.286. The molecule has 0 amide bonds. The molecule has 0 bridgehead atoms. The molecule has 2 rings (SSSR count). The van der Waals surface area contributed by atoms with Crippen LogP contribution in [0.1, 0.15) is 31.4 Å². The average molecular weight is 288 g/mol. The van der Waals surface area contributed by atoms with Crippen LogP contribution in [0.4, 0.5) is 4.39 Å². The topological polar surface area (TPSA) is 29.5 Å². The number of benzene rings is 2. The van der Waals surface area contributed by atoms with Crippen molar-refractivity contribution in [3.63, 3.8) is 0 Å². The molecule has 0 fully saturated rings. The Hall–Kier alpha value is -1.87. The molecule has 0 spiro atoms. The van der Waals surface area contributed by atoms with E-state index < -0.39 is 5.60 Å². The highest BCUT2D eigenvalue weighted by atomic mass is 19.1. The summed E-state index contributed by atoms with van der Waals surface area (Å²) in [5.74, 6) is 0.508. The third kappa shape index (κ3) is 4.30. The zero-order chi connectivity index (χ0) is 15.3. The third-order valence-electron chi connectivity index (χ3n) is 3.39. The summed E-state index contributed by atoms with van der Waals surface area (Å²) in [6, 6.07) is 13.7. The van der Waals surface area contributed by atoms with Crippen LogP contribution in [-0.2, 0) is 12.0 Å². The second-order valence-corrected chi connectivity index (χ2v) is 5.45. The summed E-state index contributed by atoms with van der Waals surface area (Å²) in [4.78, 5) is 0. The van der Waals surface area contributed by atoms with Gasteiger partial charge in [-0.05, 0) is 48.7 Å². The molecule has 112 valence electrons. The molecule has 2 nitrogen and oxygen atoms in total. The molecule has 0 saturated carbocycles. The van der Waals surface area contributed by atoms with Crippen LogP contribution >= 0.6 is 0 Å². The zero-order valence-electron chi connectivity index (χ0n) is 12.5. The number of aliphatic hydroxyl groups is 1. The molecule has 0 aliphatic carbocycles. The fraction of sp³-hybridized carbons (Fsp3) is 0.333. The second-order valence-electron chi connectivity index (χ2n) is 5.45. The Kier molecular flexibility index (Phi) is 4.97. The Balaban J connectivity index is 2.11. The Bertz CT molecular complexity index is 576. The zero-order valence-corrected chi connectivity index (χ0v) is 12.5. The van der Waals surface area contributed by atoms with Gasteiger partial charge in [0, 0.05) is 6.42 Å². The summed E-state index contributed by atoms with van der Waals surface area (Å²) in [6.07, 6.45) is 1.32. The summed E-state index contributed by atoms with van der Waals surface area (Å²) >= 11 is 0. The Morgan fingerprint density at radius 3 is 2.48 bits per heavy atom. The van der Waals surface area contributed by atoms with E-state index in [0.717, 1.165) is 23.3 Å². The van der Waals surface area contributed by atoms with Crippen molar-refractivity contribution in [2.24, 2.45) is 0 Å². The predicted molar refractivity (Wildman–Crippen MR) is 81.9 cm³/mol. The molecule has 2 aromatic rings. The lowest BCUT2D eigenvalue weighted by atomic mass is 9.89. The molecule has 3 heteroatoms. The maximum atomic E-state index is 13.2. The van der Waals surface area contributed by atoms with E-state index in [1.165, 1.54) is 12.1 Å². The number of rotatable bonds is 6. The van der Waals surface area contributed by atoms with Gasteiger partial charge in [0.1, 0.15) is 11.6 Å². The smallest absolute Gasteiger partial charge is 0.123 e. The number of ether oxygens (including phenoxy) is 1. The quantitative estimate of drug-likeness (QED) is 0.868. The molecule has 0 aliphatic heterocycles. The molecule has 2 aromatic carbocycles. The Morgan fingerprint density at radius 1 is 1.14 bits per heavy atom. The molecule has 0 radical (unpaired) electrons. The first-order valence-electron chi connectivity index (χ1n) is 7.21. The van der Waals surface area contributed by atoms with Gasteiger partial charge < -0.3 is 9.84 Å². The van der Waals surface area contributed by atoms with Crippen molar-refractivity contribution in [2.45, 2.75) is 32.3 Å². The summed E-state index contributed by atoms with van der Waals surface area (Å²) in [5, 5.41) is 10.6. The number of hydrogen-bond acceptors (Lipinski definition) is 2. The molecular formula is C18H21FO2. The Labute approximate surface area is 125 Å². The van der Waals surface area contributed by atoms with E-state index in [1.807, 2.05) is 30.3 Å². The minimum atomic E-state index is -1.04. The maximum absolute atomic E-state index is 13.2. The van der Waals surface area contributed by atoms with E-state index >= 15 is 0 Å². The molecule has 21 heavy (non-hydrogen) atoms. The minimum Gasteiger partial charge on any atom is -0.494 e. The standard InChI is InChI=1S/C18H21FO2/c1-3-11-21-17-9-7-15(8-10-17)18(2,20)13-14-5-4-6-16(19)12-14/h4-10,12,20H,3,11,13H2,1-2H3. The lowest BCUT2D eigenvalue weighted by molar-refractivity contribution is 0.0575. The summed E-state index contributed by atoms with van der Waals surface area (Å²) in [7, 11) is 0. The van der Waals surface area contributed by atoms with Crippen molar-refractivity contribution in [1.82, 2.24) is 0 Å². The van der Waals surface area contributed by atoms with Gasteiger partial charge in [-0.3, -0.25) is 0 Å². The fourth-order valence-corrected chi connectivity index (χ4v) is 2.28. The highest BCUT2D eigenvalue weighted by molar-refractivity contribution is 5.32. The summed E-state index contributed by atoms with van der Waals surface area (Å²) in [6.45, 7) is 4.47. The van der Waals surface area contributed by atoms with Gasteiger partial charge in [-0.2, -0.15) is 0 Å². The molecule has 1 atom stereocenters. The molecule has 0 heterocycles. The number of halogens is 1. The predicted octanol–water partition coefficient (Wildman–Crippen LogP) is 4.06. The average Bonchev–Trinajstić information content (AvgIpc) is 2.45. The highest BCUT2D eigenvalue weighted by Gasteiger charge is 2.23. The van der Waals surface area contributed by atoms with Crippen molar-refractivity contribution in [2.75, 3.05) is 6.61 Å². The van der Waals surface area contributed by atoms with Crippen LogP contribution in [0.2, 0.25) is 0 Å². The lowest BCUT2D eigenvalue weighted by Gasteiger charge is -2.24. The van der Waals surface area contributed by atoms with Crippen LogP contribution in [0, 0.1) is 5.82 Å². The summed E-state index contributed by atoms with van der Waals surface area (Å²) in [5.41, 5.74) is 0.513. The third-order valence-corrected chi connectivity index (χ3v) is 3.39. The molecule has 0 aromatic heterocycles. The normalized spacial score (nSPS) is 13.7. The van der Waals surface area contributed by atoms with Gasteiger partial charge in [-0.25, -0.2) is 4.39 Å². The van der Waals surface area contributed by atoms with Crippen LogP contribution in [0.25, 0.3) is 0 Å². The van der Waals surface area contributed by atoms with Crippen LogP contribution < -0.4 is 4.74 Å².